The number of hydrogen-bond acceptors (Lipinski definition) is 11. The number of piperazine rings is 1. The molecule has 2 aromatic carbocycles. The van der Waals surface area contributed by atoms with E-state index in [2.05, 4.69) is 25.7 Å². The molecule has 0 aliphatic carbocycles. The number of ether oxygens (including phenoxy) is 2. The molecule has 52 heavy (non-hydrogen) atoms. The van der Waals surface area contributed by atoms with Gasteiger partial charge in [0.15, 0.2) is 5.82 Å². The van der Waals surface area contributed by atoms with E-state index in [0.29, 0.717) is 64.9 Å². The average Bonchev–Trinajstić information content (AvgIpc) is 3.93. The summed E-state index contributed by atoms with van der Waals surface area (Å²) in [7, 11) is 3.05. The van der Waals surface area contributed by atoms with E-state index in [0.717, 1.165) is 37.8 Å². The number of hydrogen-bond donors (Lipinski definition) is 1. The molecule has 2 bridgehead atoms. The molecular weight excluding hydrogens is 669 g/mol. The van der Waals surface area contributed by atoms with Crippen LogP contribution in [0.1, 0.15) is 48.8 Å². The minimum absolute atomic E-state index is 0.0464. The summed E-state index contributed by atoms with van der Waals surface area (Å²) in [5.41, 5.74) is 2.54. The van der Waals surface area contributed by atoms with E-state index in [9.17, 15) is 14.7 Å². The first-order valence-corrected chi connectivity index (χ1v) is 18.2. The number of benzene rings is 2. The summed E-state index contributed by atoms with van der Waals surface area (Å²) in [5.74, 6) is 0.173. The van der Waals surface area contributed by atoms with Crippen LogP contribution in [0.4, 0.5) is 20.5 Å². The third-order valence-corrected chi connectivity index (χ3v) is 11.8. The highest BCUT2D eigenvalue weighted by atomic mass is 19.1. The Kier molecular flexibility index (Phi) is 8.15. The van der Waals surface area contributed by atoms with Gasteiger partial charge in [0.05, 0.1) is 30.5 Å². The van der Waals surface area contributed by atoms with Gasteiger partial charge in [-0.1, -0.05) is 12.1 Å². The van der Waals surface area contributed by atoms with Crippen molar-refractivity contribution in [1.29, 1.82) is 5.26 Å². The Hall–Kier alpha value is -4.36. The zero-order chi connectivity index (χ0) is 35.9. The maximum atomic E-state index is 17.7. The van der Waals surface area contributed by atoms with Crippen molar-refractivity contribution >= 4 is 47.0 Å². The summed E-state index contributed by atoms with van der Waals surface area (Å²) in [6.45, 7) is 4.89. The number of nitrogens with zero attached hydrogens (tertiary/aromatic N) is 8. The van der Waals surface area contributed by atoms with Gasteiger partial charge in [-0.2, -0.15) is 15.2 Å². The van der Waals surface area contributed by atoms with Crippen LogP contribution in [0.25, 0.3) is 33.0 Å². The predicted molar refractivity (Wildman–Crippen MR) is 193 cm³/mol. The molecule has 4 fully saturated rings. The third-order valence-electron chi connectivity index (χ3n) is 11.8. The van der Waals surface area contributed by atoms with Crippen molar-refractivity contribution in [2.45, 2.75) is 75.9 Å². The summed E-state index contributed by atoms with van der Waals surface area (Å²) in [4.78, 5) is 22.5. The molecule has 4 saturated heterocycles. The highest BCUT2D eigenvalue weighted by Gasteiger charge is 2.50. The van der Waals surface area contributed by atoms with Crippen molar-refractivity contribution in [2.24, 2.45) is 4.99 Å². The van der Waals surface area contributed by atoms with Crippen LogP contribution in [0.15, 0.2) is 27.6 Å². The zero-order valence-electron chi connectivity index (χ0n) is 29.6. The zero-order valence-corrected chi connectivity index (χ0v) is 29.6. The van der Waals surface area contributed by atoms with E-state index >= 15 is 4.39 Å². The lowest BCUT2D eigenvalue weighted by molar-refractivity contribution is 0.107. The molecule has 0 saturated carbocycles. The fraction of sp³-hybridized carbons (Fsp3) is 0.514. The third kappa shape index (κ3) is 5.25. The Morgan fingerprint density at radius 2 is 1.96 bits per heavy atom. The first-order chi connectivity index (χ1) is 25.2. The van der Waals surface area contributed by atoms with E-state index in [1.54, 1.807) is 36.3 Å². The van der Waals surface area contributed by atoms with Crippen LogP contribution in [-0.2, 0) is 18.0 Å². The second-order valence-electron chi connectivity index (χ2n) is 15.2. The molecule has 5 aliphatic heterocycles. The molecule has 4 atom stereocenters. The maximum Gasteiger partial charge on any atom is 0.376 e. The quantitative estimate of drug-likeness (QED) is 0.151. The van der Waals surface area contributed by atoms with Crippen molar-refractivity contribution in [1.82, 2.24) is 24.6 Å². The van der Waals surface area contributed by atoms with E-state index < -0.39 is 24.6 Å². The minimum Gasteiger partial charge on any atom is -0.461 e. The molecule has 15 heteroatoms. The van der Waals surface area contributed by atoms with Crippen LogP contribution in [0.3, 0.4) is 0 Å². The first kappa shape index (κ1) is 33.5. The fourth-order valence-corrected chi connectivity index (χ4v) is 9.47. The number of nitriles is 1. The summed E-state index contributed by atoms with van der Waals surface area (Å²) in [5, 5.41) is 21.9. The van der Waals surface area contributed by atoms with Gasteiger partial charge in [0.25, 0.3) is 0 Å². The fourth-order valence-electron chi connectivity index (χ4n) is 9.47. The molecule has 12 nitrogen and oxygen atoms in total. The van der Waals surface area contributed by atoms with Crippen molar-refractivity contribution in [3.05, 3.63) is 40.7 Å². The maximum absolute atomic E-state index is 17.7. The lowest BCUT2D eigenvalue weighted by Crippen LogP contribution is -2.57. The van der Waals surface area contributed by atoms with Gasteiger partial charge in [0, 0.05) is 63.2 Å². The van der Waals surface area contributed by atoms with Crippen LogP contribution in [0.2, 0.25) is 6.82 Å². The summed E-state index contributed by atoms with van der Waals surface area (Å²) < 4.78 is 50.9. The highest BCUT2D eigenvalue weighted by molar-refractivity contribution is 6.45. The largest absolute Gasteiger partial charge is 0.461 e. The van der Waals surface area contributed by atoms with Crippen LogP contribution in [0.5, 0.6) is 6.01 Å². The van der Waals surface area contributed by atoms with Gasteiger partial charge in [-0.15, -0.1) is 0 Å². The van der Waals surface area contributed by atoms with Crippen molar-refractivity contribution in [3.63, 3.8) is 0 Å². The second kappa shape index (κ2) is 12.7. The number of rotatable bonds is 8. The Morgan fingerprint density at radius 1 is 1.17 bits per heavy atom. The van der Waals surface area contributed by atoms with Crippen LogP contribution < -0.4 is 9.64 Å². The Labute approximate surface area is 300 Å². The van der Waals surface area contributed by atoms with Crippen molar-refractivity contribution in [3.8, 4) is 23.2 Å². The number of furan rings is 1. The number of anilines is 1. The van der Waals surface area contributed by atoms with Crippen molar-refractivity contribution in [2.75, 3.05) is 51.8 Å². The van der Waals surface area contributed by atoms with Gasteiger partial charge in [-0.25, -0.2) is 13.8 Å². The average molecular weight is 711 g/mol. The monoisotopic (exact) mass is 710 g/mol. The van der Waals surface area contributed by atoms with Gasteiger partial charge in [0.2, 0.25) is 5.88 Å². The standard InChI is InChI=1S/C37H41BF2N8O4/c1-38(49)47-15-22-8-9-23(16-47)48(22)34-31-27-18-50-17-26(27)30(24-6-4-7-28-29(24)25(13-41)35(52-28)42-20-45(2)3)32(40)33(31)43-36(44-34)51-19-37-10-5-11-46(37)14-21(39)12-37/h4,6-7,20-23,49H,5,8-12,14-19H2,1-3H3/b42-20+/t21-,22?,23?,37+/m1/s1. The minimum atomic E-state index is -0.918. The van der Waals surface area contributed by atoms with E-state index in [1.165, 1.54) is 0 Å². The molecule has 9 rings (SSSR count). The molecule has 0 spiro atoms. The lowest BCUT2D eigenvalue weighted by Gasteiger charge is -2.43. The topological polar surface area (TPSA) is 127 Å². The normalized spacial score (nSPS) is 25.8. The smallest absolute Gasteiger partial charge is 0.376 e. The van der Waals surface area contributed by atoms with Gasteiger partial charge >= 0.3 is 13.1 Å². The van der Waals surface area contributed by atoms with E-state index in [1.807, 2.05) is 14.1 Å². The molecular formula is C37H41BF2N8O4. The number of halogens is 2. The molecule has 0 radical (unpaired) electrons. The molecule has 2 unspecified atom stereocenters. The molecule has 7 heterocycles. The van der Waals surface area contributed by atoms with Gasteiger partial charge < -0.3 is 33.5 Å². The number of aromatic nitrogens is 2. The first-order valence-electron chi connectivity index (χ1n) is 18.2. The van der Waals surface area contributed by atoms with Gasteiger partial charge in [0.1, 0.15) is 41.3 Å². The Morgan fingerprint density at radius 3 is 2.71 bits per heavy atom. The number of alkyl halides is 1. The number of fused-ring (bicyclic) bond motifs is 7. The SMILES string of the molecule is CB(O)N1CC2CCC(C1)N2c1nc(OC[C@@]23CCCN2C[C@H](F)C3)nc2c(F)c(-c3cccc4oc(/N=C/N(C)C)c(C#N)c34)c3c(c12)COC3. The molecule has 4 aromatic rings. The van der Waals surface area contributed by atoms with Crippen LogP contribution in [-0.4, -0.2) is 114 Å². The molecule has 5 aliphatic rings. The number of aliphatic imine (C=N–C) groups is 1. The van der Waals surface area contributed by atoms with E-state index in [-0.39, 0.29) is 54.9 Å². The summed E-state index contributed by atoms with van der Waals surface area (Å²) in [6, 6.07) is 7.70. The highest BCUT2D eigenvalue weighted by Crippen LogP contribution is 2.48. The Balaban J connectivity index is 1.24. The molecule has 0 amide bonds. The molecule has 2 aromatic heterocycles. The van der Waals surface area contributed by atoms with E-state index in [4.69, 9.17) is 23.9 Å². The van der Waals surface area contributed by atoms with Crippen LogP contribution >= 0.6 is 0 Å². The van der Waals surface area contributed by atoms with Crippen molar-refractivity contribution < 1.29 is 27.7 Å². The van der Waals surface area contributed by atoms with Crippen LogP contribution in [0, 0.1) is 17.1 Å². The summed E-state index contributed by atoms with van der Waals surface area (Å²) in [6.07, 6.45) is 4.62. The second-order valence-corrected chi connectivity index (χ2v) is 15.2. The lowest BCUT2D eigenvalue weighted by atomic mass is 9.83. The van der Waals surface area contributed by atoms with Gasteiger partial charge in [-0.05, 0) is 61.8 Å². The predicted octanol–water partition coefficient (Wildman–Crippen LogP) is 5.02. The molecule has 1 N–H and O–H groups in total. The Bertz CT molecular complexity index is 2140. The molecule has 270 valence electrons. The summed E-state index contributed by atoms with van der Waals surface area (Å²) >= 11 is 0. The van der Waals surface area contributed by atoms with Gasteiger partial charge in [-0.3, -0.25) is 4.90 Å².